The monoisotopic (exact) mass is 209 g/mol. The van der Waals surface area contributed by atoms with Crippen molar-refractivity contribution in [3.05, 3.63) is 12.2 Å². The summed E-state index contributed by atoms with van der Waals surface area (Å²) in [5.41, 5.74) is 1.06. The van der Waals surface area contributed by atoms with Gasteiger partial charge in [-0.15, -0.1) is 6.58 Å². The maximum Gasteiger partial charge on any atom is 0.140 e. The van der Waals surface area contributed by atoms with Crippen molar-refractivity contribution in [2.45, 2.75) is 46.0 Å². The fourth-order valence-corrected chi connectivity index (χ4v) is 2.41. The summed E-state index contributed by atoms with van der Waals surface area (Å²) in [6.07, 6.45) is 4.69. The smallest absolute Gasteiger partial charge is 0.140 e. The average molecular weight is 209 g/mol. The molecule has 0 spiro atoms. The largest absolute Gasteiger partial charge is 0.316 e. The van der Waals surface area contributed by atoms with E-state index in [1.54, 1.807) is 0 Å². The third-order valence-corrected chi connectivity index (χ3v) is 3.34. The highest BCUT2D eigenvalue weighted by Gasteiger charge is 2.39. The normalized spacial score (nSPS) is 25.5. The summed E-state index contributed by atoms with van der Waals surface area (Å²) in [7, 11) is 0. The van der Waals surface area contributed by atoms with E-state index < -0.39 is 0 Å². The second kappa shape index (κ2) is 5.45. The number of carbonyl (C=O) groups excluding carboxylic acids is 1. The van der Waals surface area contributed by atoms with Gasteiger partial charge < -0.3 is 5.32 Å². The highest BCUT2D eigenvalue weighted by atomic mass is 16.1. The summed E-state index contributed by atoms with van der Waals surface area (Å²) in [4.78, 5) is 12.2. The number of carbonyl (C=O) groups is 1. The van der Waals surface area contributed by atoms with Crippen LogP contribution in [0.1, 0.15) is 46.0 Å². The first-order valence-electron chi connectivity index (χ1n) is 5.99. The second-order valence-corrected chi connectivity index (χ2v) is 4.84. The van der Waals surface area contributed by atoms with Crippen molar-refractivity contribution in [2.75, 3.05) is 13.1 Å². The molecule has 0 aromatic carbocycles. The minimum Gasteiger partial charge on any atom is -0.316 e. The van der Waals surface area contributed by atoms with Gasteiger partial charge in [0.15, 0.2) is 0 Å². The van der Waals surface area contributed by atoms with Crippen molar-refractivity contribution in [1.82, 2.24) is 5.32 Å². The summed E-state index contributed by atoms with van der Waals surface area (Å²) in [5.74, 6) is 0.442. The summed E-state index contributed by atoms with van der Waals surface area (Å²) in [5, 5.41) is 3.32. The molecule has 0 bridgehead atoms. The zero-order valence-corrected chi connectivity index (χ0v) is 10.1. The van der Waals surface area contributed by atoms with Gasteiger partial charge in [0, 0.05) is 18.4 Å². The van der Waals surface area contributed by atoms with Gasteiger partial charge in [-0.1, -0.05) is 18.9 Å². The van der Waals surface area contributed by atoms with Gasteiger partial charge in [0.1, 0.15) is 5.78 Å². The van der Waals surface area contributed by atoms with Crippen molar-refractivity contribution in [2.24, 2.45) is 5.41 Å². The zero-order valence-electron chi connectivity index (χ0n) is 10.1. The molecule has 1 N–H and O–H groups in total. The zero-order chi connectivity index (χ0) is 11.3. The molecule has 2 nitrogen and oxygen atoms in total. The molecule has 1 unspecified atom stereocenters. The molecule has 2 heteroatoms. The fourth-order valence-electron chi connectivity index (χ4n) is 2.41. The first-order valence-corrected chi connectivity index (χ1v) is 5.99. The Morgan fingerprint density at radius 1 is 1.47 bits per heavy atom. The molecule has 0 amide bonds. The maximum atomic E-state index is 12.2. The Morgan fingerprint density at radius 2 is 2.20 bits per heavy atom. The molecule has 1 rings (SSSR count). The van der Waals surface area contributed by atoms with E-state index in [2.05, 4.69) is 18.8 Å². The lowest BCUT2D eigenvalue weighted by Gasteiger charge is -2.26. The van der Waals surface area contributed by atoms with Crippen LogP contribution in [0.25, 0.3) is 0 Å². The van der Waals surface area contributed by atoms with Gasteiger partial charge in [-0.25, -0.2) is 0 Å². The first-order chi connectivity index (χ1) is 7.10. The first kappa shape index (κ1) is 12.4. The number of hydrogen-bond acceptors (Lipinski definition) is 2. The Kier molecular flexibility index (Phi) is 4.52. The van der Waals surface area contributed by atoms with E-state index in [1.807, 2.05) is 6.92 Å². The molecule has 0 aromatic heterocycles. The lowest BCUT2D eigenvalue weighted by molar-refractivity contribution is -0.128. The van der Waals surface area contributed by atoms with Crippen LogP contribution in [0.5, 0.6) is 0 Å². The third-order valence-electron chi connectivity index (χ3n) is 3.34. The summed E-state index contributed by atoms with van der Waals surface area (Å²) in [6.45, 7) is 9.89. The van der Waals surface area contributed by atoms with Gasteiger partial charge in [-0.2, -0.15) is 0 Å². The Hall–Kier alpha value is -0.630. The van der Waals surface area contributed by atoms with Crippen LogP contribution in [-0.2, 0) is 4.79 Å². The molecule has 15 heavy (non-hydrogen) atoms. The van der Waals surface area contributed by atoms with Crippen molar-refractivity contribution >= 4 is 5.78 Å². The molecule has 0 radical (unpaired) electrons. The van der Waals surface area contributed by atoms with Crippen molar-refractivity contribution in [1.29, 1.82) is 0 Å². The third kappa shape index (κ3) is 3.16. The van der Waals surface area contributed by atoms with Crippen LogP contribution in [-0.4, -0.2) is 18.9 Å². The summed E-state index contributed by atoms with van der Waals surface area (Å²) in [6, 6.07) is 0. The van der Waals surface area contributed by atoms with Gasteiger partial charge >= 0.3 is 0 Å². The fraction of sp³-hybridized carbons (Fsp3) is 0.769. The van der Waals surface area contributed by atoms with E-state index in [1.165, 1.54) is 0 Å². The number of ketones is 1. The minimum atomic E-state index is -0.0514. The molecule has 1 fully saturated rings. The second-order valence-electron chi connectivity index (χ2n) is 4.84. The molecule has 86 valence electrons. The van der Waals surface area contributed by atoms with E-state index in [0.717, 1.165) is 44.3 Å². The van der Waals surface area contributed by atoms with Gasteiger partial charge in [-0.05, 0) is 32.7 Å². The van der Waals surface area contributed by atoms with Crippen molar-refractivity contribution in [3.63, 3.8) is 0 Å². The number of hydrogen-bond donors (Lipinski definition) is 1. The van der Waals surface area contributed by atoms with E-state index in [0.29, 0.717) is 12.2 Å². The number of Topliss-reactive ketones (excluding diaryl/α,β-unsaturated/α-hetero) is 1. The predicted molar refractivity (Wildman–Crippen MR) is 63.9 cm³/mol. The molecule has 1 atom stereocenters. The predicted octanol–water partition coefficient (Wildman–Crippen LogP) is 2.69. The van der Waals surface area contributed by atoms with E-state index in [9.17, 15) is 4.79 Å². The number of rotatable bonds is 6. The maximum absolute atomic E-state index is 12.2. The molecule has 1 aliphatic heterocycles. The van der Waals surface area contributed by atoms with Crippen LogP contribution in [0.2, 0.25) is 0 Å². The minimum absolute atomic E-state index is 0.0514. The van der Waals surface area contributed by atoms with Crippen LogP contribution in [0, 0.1) is 5.41 Å². The Morgan fingerprint density at radius 3 is 2.67 bits per heavy atom. The van der Waals surface area contributed by atoms with Crippen molar-refractivity contribution in [3.8, 4) is 0 Å². The molecule has 0 saturated carbocycles. The van der Waals surface area contributed by atoms with Gasteiger partial charge in [-0.3, -0.25) is 4.79 Å². The SMILES string of the molecule is C=C(C)CCC(=O)C1(CCC)CCNC1. The Balaban J connectivity index is 2.55. The standard InChI is InChI=1S/C13H23NO/c1-4-7-13(8-9-14-10-13)12(15)6-5-11(2)3/h14H,2,4-10H2,1,3H3. The number of nitrogens with one attached hydrogen (secondary N) is 1. The Bertz CT molecular complexity index is 239. The van der Waals surface area contributed by atoms with Crippen LogP contribution in [0.4, 0.5) is 0 Å². The molecule has 0 aromatic rings. The molecular weight excluding hydrogens is 186 g/mol. The lowest BCUT2D eigenvalue weighted by Crippen LogP contribution is -2.33. The van der Waals surface area contributed by atoms with Crippen LogP contribution in [0.3, 0.4) is 0 Å². The molecule has 1 heterocycles. The molecule has 0 aliphatic carbocycles. The van der Waals surface area contributed by atoms with Crippen LogP contribution >= 0.6 is 0 Å². The van der Waals surface area contributed by atoms with E-state index in [-0.39, 0.29) is 5.41 Å². The number of allylic oxidation sites excluding steroid dienone is 1. The average Bonchev–Trinajstić information content (AvgIpc) is 2.64. The lowest BCUT2D eigenvalue weighted by atomic mass is 9.77. The van der Waals surface area contributed by atoms with Crippen LogP contribution in [0.15, 0.2) is 12.2 Å². The molecular formula is C13H23NO. The molecule has 1 saturated heterocycles. The topological polar surface area (TPSA) is 29.1 Å². The van der Waals surface area contributed by atoms with Gasteiger partial charge in [0.05, 0.1) is 0 Å². The Labute approximate surface area is 93.1 Å². The quantitative estimate of drug-likeness (QED) is 0.681. The van der Waals surface area contributed by atoms with Gasteiger partial charge in [0.25, 0.3) is 0 Å². The highest BCUT2D eigenvalue weighted by molar-refractivity contribution is 5.85. The van der Waals surface area contributed by atoms with Crippen molar-refractivity contribution < 1.29 is 4.79 Å². The van der Waals surface area contributed by atoms with E-state index in [4.69, 9.17) is 0 Å². The highest BCUT2D eigenvalue weighted by Crippen LogP contribution is 2.33. The molecule has 1 aliphatic rings. The van der Waals surface area contributed by atoms with Gasteiger partial charge in [0.2, 0.25) is 0 Å². The summed E-state index contributed by atoms with van der Waals surface area (Å²) >= 11 is 0. The van der Waals surface area contributed by atoms with Crippen LogP contribution < -0.4 is 5.32 Å². The summed E-state index contributed by atoms with van der Waals surface area (Å²) < 4.78 is 0. The van der Waals surface area contributed by atoms with E-state index >= 15 is 0 Å².